The van der Waals surface area contributed by atoms with Gasteiger partial charge in [-0.1, -0.05) is 13.0 Å². The fraction of sp³-hybridized carbons (Fsp3) is 0.348. The quantitative estimate of drug-likeness (QED) is 0.547. The molecular weight excluding hydrogens is 410 g/mol. The molecule has 4 rings (SSSR count). The fourth-order valence-corrected chi connectivity index (χ4v) is 4.08. The molecule has 1 aliphatic carbocycles. The van der Waals surface area contributed by atoms with Crippen LogP contribution < -0.4 is 10.6 Å². The van der Waals surface area contributed by atoms with Crippen LogP contribution in [0.15, 0.2) is 30.5 Å². The monoisotopic (exact) mass is 435 g/mol. The topological polar surface area (TPSA) is 126 Å². The maximum atomic E-state index is 13.2. The number of benzene rings is 1. The van der Waals surface area contributed by atoms with Crippen LogP contribution in [-0.2, 0) is 6.42 Å². The molecule has 3 aromatic rings. The summed E-state index contributed by atoms with van der Waals surface area (Å²) in [5.41, 5.74) is 3.65. The highest BCUT2D eigenvalue weighted by Crippen LogP contribution is 2.34. The maximum absolute atomic E-state index is 13.2. The van der Waals surface area contributed by atoms with Gasteiger partial charge in [0.2, 0.25) is 0 Å². The Bertz CT molecular complexity index is 1230. The molecule has 0 aliphatic heterocycles. The Kier molecular flexibility index (Phi) is 5.65. The van der Waals surface area contributed by atoms with E-state index in [0.717, 1.165) is 23.1 Å². The lowest BCUT2D eigenvalue weighted by Crippen LogP contribution is -2.34. The first-order valence-electron chi connectivity index (χ1n) is 10.6. The smallest absolute Gasteiger partial charge is 0.335 e. The summed E-state index contributed by atoms with van der Waals surface area (Å²) in [6.45, 7) is 5.67. The Morgan fingerprint density at radius 1 is 1.25 bits per heavy atom. The number of aromatic nitrogens is 3. The SMILES string of the molecule is CC[C@@H](C)NC(=O)c1cc(C(=O)N[C@H]2CCc3c2ccc(C(=O)O)c3C)n2nccc2n1. The summed E-state index contributed by atoms with van der Waals surface area (Å²) in [6, 6.07) is 6.16. The predicted molar refractivity (Wildman–Crippen MR) is 117 cm³/mol. The minimum Gasteiger partial charge on any atom is -0.478 e. The third-order valence-electron chi connectivity index (χ3n) is 6.04. The van der Waals surface area contributed by atoms with Crippen molar-refractivity contribution in [2.24, 2.45) is 0 Å². The molecule has 0 fully saturated rings. The molecule has 3 N–H and O–H groups in total. The van der Waals surface area contributed by atoms with E-state index in [2.05, 4.69) is 20.7 Å². The van der Waals surface area contributed by atoms with E-state index in [1.54, 1.807) is 25.1 Å². The Morgan fingerprint density at radius 3 is 2.75 bits per heavy atom. The highest BCUT2D eigenvalue weighted by Gasteiger charge is 2.28. The standard InChI is InChI=1S/C23H25N5O4/c1-4-12(2)25-21(29)18-11-19(28-20(26-18)9-10-24-28)22(30)27-17-8-7-14-13(3)15(23(31)32)5-6-16(14)17/h5-6,9-12,17H,4,7-8H2,1-3H3,(H,25,29)(H,27,30)(H,31,32)/t12-,17+/m1/s1. The molecule has 2 aromatic heterocycles. The number of fused-ring (bicyclic) bond motifs is 2. The van der Waals surface area contributed by atoms with Crippen molar-refractivity contribution < 1.29 is 19.5 Å². The molecule has 0 saturated heterocycles. The van der Waals surface area contributed by atoms with Crippen molar-refractivity contribution in [1.82, 2.24) is 25.2 Å². The van der Waals surface area contributed by atoms with Crippen LogP contribution in [0.1, 0.15) is 80.8 Å². The van der Waals surface area contributed by atoms with E-state index in [4.69, 9.17) is 0 Å². The minimum absolute atomic E-state index is 0.0170. The fourth-order valence-electron chi connectivity index (χ4n) is 4.08. The Hall–Kier alpha value is -3.75. The van der Waals surface area contributed by atoms with Gasteiger partial charge in [0.15, 0.2) is 5.65 Å². The lowest BCUT2D eigenvalue weighted by atomic mass is 9.98. The van der Waals surface area contributed by atoms with Gasteiger partial charge in [0.25, 0.3) is 11.8 Å². The molecule has 32 heavy (non-hydrogen) atoms. The number of nitrogens with zero attached hydrogens (tertiary/aromatic N) is 3. The first-order valence-corrected chi connectivity index (χ1v) is 10.6. The lowest BCUT2D eigenvalue weighted by molar-refractivity contribution is 0.0695. The van der Waals surface area contributed by atoms with Crippen molar-refractivity contribution >= 4 is 23.4 Å². The number of carboxylic acids is 1. The van der Waals surface area contributed by atoms with E-state index in [1.165, 1.54) is 16.8 Å². The average Bonchev–Trinajstić information content (AvgIpc) is 3.40. The number of hydrogen-bond donors (Lipinski definition) is 3. The van der Waals surface area contributed by atoms with Crippen molar-refractivity contribution in [2.75, 3.05) is 0 Å². The molecule has 2 amide bonds. The van der Waals surface area contributed by atoms with Gasteiger partial charge in [-0.3, -0.25) is 9.59 Å². The third-order valence-corrected chi connectivity index (χ3v) is 6.04. The van der Waals surface area contributed by atoms with Gasteiger partial charge in [0.05, 0.1) is 17.8 Å². The van der Waals surface area contributed by atoms with Gasteiger partial charge in [-0.25, -0.2) is 14.3 Å². The van der Waals surface area contributed by atoms with Gasteiger partial charge in [-0.05, 0) is 55.9 Å². The van der Waals surface area contributed by atoms with E-state index < -0.39 is 5.97 Å². The summed E-state index contributed by atoms with van der Waals surface area (Å²) >= 11 is 0. The zero-order valence-corrected chi connectivity index (χ0v) is 18.2. The van der Waals surface area contributed by atoms with Crippen LogP contribution in [0.25, 0.3) is 5.65 Å². The van der Waals surface area contributed by atoms with E-state index in [9.17, 15) is 19.5 Å². The molecule has 2 atom stereocenters. The molecule has 0 unspecified atom stereocenters. The second kappa shape index (κ2) is 8.41. The number of rotatable bonds is 6. The number of aromatic carboxylic acids is 1. The van der Waals surface area contributed by atoms with E-state index in [1.807, 2.05) is 13.8 Å². The first-order chi connectivity index (χ1) is 15.3. The summed E-state index contributed by atoms with van der Waals surface area (Å²) < 4.78 is 1.41. The predicted octanol–water partition coefficient (Wildman–Crippen LogP) is 2.68. The van der Waals surface area contributed by atoms with Gasteiger partial charge < -0.3 is 15.7 Å². The van der Waals surface area contributed by atoms with Crippen LogP contribution in [0.2, 0.25) is 0 Å². The first kappa shape index (κ1) is 21.5. The van der Waals surface area contributed by atoms with Crippen LogP contribution in [-0.4, -0.2) is 43.5 Å². The summed E-state index contributed by atoms with van der Waals surface area (Å²) in [5.74, 6) is -1.68. The molecule has 2 heterocycles. The van der Waals surface area contributed by atoms with E-state index in [-0.39, 0.29) is 40.8 Å². The molecule has 0 spiro atoms. The zero-order valence-electron chi connectivity index (χ0n) is 18.2. The third kappa shape index (κ3) is 3.81. The summed E-state index contributed by atoms with van der Waals surface area (Å²) in [4.78, 5) is 41.6. The summed E-state index contributed by atoms with van der Waals surface area (Å²) in [7, 11) is 0. The number of carbonyl (C=O) groups is 3. The largest absolute Gasteiger partial charge is 0.478 e. The average molecular weight is 435 g/mol. The van der Waals surface area contributed by atoms with Gasteiger partial charge in [0, 0.05) is 18.2 Å². The molecule has 9 heteroatoms. The number of amides is 2. The summed E-state index contributed by atoms with van der Waals surface area (Å²) in [5, 5.41) is 19.4. The molecular formula is C23H25N5O4. The summed E-state index contributed by atoms with van der Waals surface area (Å²) in [6.07, 6.45) is 3.65. The number of carbonyl (C=O) groups excluding carboxylic acids is 2. The van der Waals surface area contributed by atoms with Crippen molar-refractivity contribution in [3.63, 3.8) is 0 Å². The van der Waals surface area contributed by atoms with Crippen LogP contribution in [0.5, 0.6) is 0 Å². The molecule has 0 radical (unpaired) electrons. The Labute approximate surface area is 184 Å². The second-order valence-electron chi connectivity index (χ2n) is 8.09. The second-order valence-corrected chi connectivity index (χ2v) is 8.09. The lowest BCUT2D eigenvalue weighted by Gasteiger charge is -2.16. The van der Waals surface area contributed by atoms with Crippen LogP contribution >= 0.6 is 0 Å². The normalized spacial score (nSPS) is 15.9. The van der Waals surface area contributed by atoms with Crippen molar-refractivity contribution in [3.8, 4) is 0 Å². The maximum Gasteiger partial charge on any atom is 0.335 e. The van der Waals surface area contributed by atoms with Gasteiger partial charge in [0.1, 0.15) is 11.4 Å². The van der Waals surface area contributed by atoms with Gasteiger partial charge >= 0.3 is 5.97 Å². The van der Waals surface area contributed by atoms with Crippen molar-refractivity contribution in [3.05, 3.63) is 64.1 Å². The molecule has 0 saturated carbocycles. The van der Waals surface area contributed by atoms with Crippen LogP contribution in [0.3, 0.4) is 0 Å². The van der Waals surface area contributed by atoms with Gasteiger partial charge in [-0.2, -0.15) is 5.10 Å². The van der Waals surface area contributed by atoms with Gasteiger partial charge in [-0.15, -0.1) is 0 Å². The molecule has 9 nitrogen and oxygen atoms in total. The Balaban J connectivity index is 1.63. The highest BCUT2D eigenvalue weighted by molar-refractivity contribution is 5.98. The number of hydrogen-bond acceptors (Lipinski definition) is 5. The Morgan fingerprint density at radius 2 is 2.03 bits per heavy atom. The number of nitrogens with one attached hydrogen (secondary N) is 2. The minimum atomic E-state index is -0.959. The van der Waals surface area contributed by atoms with Crippen molar-refractivity contribution in [1.29, 1.82) is 0 Å². The molecule has 0 bridgehead atoms. The molecule has 166 valence electrons. The van der Waals surface area contributed by atoms with Crippen LogP contribution in [0, 0.1) is 6.92 Å². The zero-order chi connectivity index (χ0) is 23.0. The molecule has 1 aromatic carbocycles. The molecule has 1 aliphatic rings. The highest BCUT2D eigenvalue weighted by atomic mass is 16.4. The number of carboxylic acid groups (broad SMARTS) is 1. The van der Waals surface area contributed by atoms with E-state index in [0.29, 0.717) is 18.5 Å². The van der Waals surface area contributed by atoms with E-state index >= 15 is 0 Å². The van der Waals surface area contributed by atoms with Crippen molar-refractivity contribution in [2.45, 2.75) is 52.1 Å². The van der Waals surface area contributed by atoms with Crippen LogP contribution in [0.4, 0.5) is 0 Å².